The van der Waals surface area contributed by atoms with Crippen LogP contribution in [0.25, 0.3) is 0 Å². The normalized spacial score (nSPS) is 23.3. The number of fused-ring (bicyclic) bond motifs is 1. The van der Waals surface area contributed by atoms with E-state index in [0.29, 0.717) is 5.56 Å². The van der Waals surface area contributed by atoms with Crippen LogP contribution in [0.3, 0.4) is 0 Å². The van der Waals surface area contributed by atoms with Gasteiger partial charge in [-0.15, -0.1) is 4.40 Å². The minimum Gasteiger partial charge on any atom is -0.511 e. The number of rotatable bonds is 6. The lowest BCUT2D eigenvalue weighted by molar-refractivity contribution is -0.132. The molecule has 2 atom stereocenters. The number of sulfonamides is 2. The number of aliphatic hydroxyl groups is 1. The van der Waals surface area contributed by atoms with Crippen LogP contribution in [0.15, 0.2) is 63.1 Å². The maximum atomic E-state index is 13.9. The summed E-state index contributed by atoms with van der Waals surface area (Å²) in [5.41, 5.74) is 0.592. The van der Waals surface area contributed by atoms with Gasteiger partial charge >= 0.3 is 0 Å². The van der Waals surface area contributed by atoms with Gasteiger partial charge in [0.25, 0.3) is 15.9 Å². The summed E-state index contributed by atoms with van der Waals surface area (Å²) in [6, 6.07) is 9.27. The van der Waals surface area contributed by atoms with Gasteiger partial charge in [0, 0.05) is 24.2 Å². The van der Waals surface area contributed by atoms with Crippen molar-refractivity contribution < 1.29 is 31.1 Å². The molecule has 1 fully saturated rings. The summed E-state index contributed by atoms with van der Waals surface area (Å²) in [7, 11) is -8.01. The zero-order valence-corrected chi connectivity index (χ0v) is 23.0. The quantitative estimate of drug-likeness (QED) is 0.475. The van der Waals surface area contributed by atoms with Crippen molar-refractivity contribution in [3.63, 3.8) is 0 Å². The first-order chi connectivity index (χ1) is 18.3. The van der Waals surface area contributed by atoms with E-state index in [4.69, 9.17) is 0 Å². The van der Waals surface area contributed by atoms with E-state index in [2.05, 4.69) is 14.4 Å². The molecule has 2 unspecified atom stereocenters. The molecule has 2 aromatic carbocycles. The van der Waals surface area contributed by atoms with E-state index in [-0.39, 0.29) is 45.9 Å². The predicted molar refractivity (Wildman–Crippen MR) is 145 cm³/mol. The number of hydrogen-bond acceptors (Lipinski definition) is 7. The number of halogens is 1. The third-order valence-electron chi connectivity index (χ3n) is 7.50. The van der Waals surface area contributed by atoms with Gasteiger partial charge in [0.05, 0.1) is 11.9 Å². The Balaban J connectivity index is 1.57. The van der Waals surface area contributed by atoms with Gasteiger partial charge in [-0.2, -0.15) is 8.42 Å². The molecule has 2 aliphatic heterocycles. The monoisotopic (exact) mass is 576 g/mol. The van der Waals surface area contributed by atoms with Crippen LogP contribution >= 0.6 is 0 Å². The number of aliphatic hydroxyl groups excluding tert-OH is 1. The van der Waals surface area contributed by atoms with Crippen molar-refractivity contribution in [2.24, 2.45) is 16.2 Å². The molecular formula is C26H29FN4O6S2. The van der Waals surface area contributed by atoms with Gasteiger partial charge in [0.2, 0.25) is 10.0 Å². The highest BCUT2D eigenvalue weighted by atomic mass is 32.2. The largest absolute Gasteiger partial charge is 0.511 e. The second kappa shape index (κ2) is 9.94. The highest BCUT2D eigenvalue weighted by Gasteiger charge is 2.46. The molecule has 10 nitrogen and oxygen atoms in total. The molecule has 0 spiro atoms. The van der Waals surface area contributed by atoms with E-state index in [9.17, 15) is 31.1 Å². The molecule has 5 rings (SSSR count). The van der Waals surface area contributed by atoms with E-state index in [1.165, 1.54) is 24.3 Å². The number of benzene rings is 2. The number of amidine groups is 1. The highest BCUT2D eigenvalue weighted by Crippen LogP contribution is 2.43. The number of carbonyl (C=O) groups is 1. The Hall–Kier alpha value is -3.45. The van der Waals surface area contributed by atoms with Crippen molar-refractivity contribution in [1.29, 1.82) is 0 Å². The fraction of sp³-hybridized carbons (Fsp3) is 0.385. The van der Waals surface area contributed by atoms with Crippen molar-refractivity contribution in [2.75, 3.05) is 16.3 Å². The molecule has 0 bridgehead atoms. The molecule has 1 saturated carbocycles. The van der Waals surface area contributed by atoms with Crippen molar-refractivity contribution in [2.45, 2.75) is 50.1 Å². The van der Waals surface area contributed by atoms with Crippen molar-refractivity contribution >= 4 is 43.2 Å². The topological polar surface area (TPSA) is 145 Å². The van der Waals surface area contributed by atoms with E-state index in [0.717, 1.165) is 38.0 Å². The van der Waals surface area contributed by atoms with Crippen LogP contribution in [-0.2, 0) is 31.4 Å². The summed E-state index contributed by atoms with van der Waals surface area (Å²) in [6.45, 7) is 1.99. The van der Waals surface area contributed by atoms with Crippen LogP contribution in [0.1, 0.15) is 38.2 Å². The predicted octanol–water partition coefficient (Wildman–Crippen LogP) is 3.76. The average molecular weight is 577 g/mol. The molecule has 0 radical (unpaired) electrons. The molecule has 2 aromatic rings. The lowest BCUT2D eigenvalue weighted by atomic mass is 9.78. The first-order valence-corrected chi connectivity index (χ1v) is 15.9. The van der Waals surface area contributed by atoms with Gasteiger partial charge in [-0.25, -0.2) is 12.8 Å². The Morgan fingerprint density at radius 1 is 1.15 bits per heavy atom. The van der Waals surface area contributed by atoms with Crippen LogP contribution in [0, 0.1) is 17.7 Å². The zero-order valence-electron chi connectivity index (χ0n) is 21.4. The Kier molecular flexibility index (Phi) is 6.91. The van der Waals surface area contributed by atoms with Crippen LogP contribution in [0.5, 0.6) is 0 Å². The second-order valence-electron chi connectivity index (χ2n) is 10.3. The van der Waals surface area contributed by atoms with Crippen molar-refractivity contribution in [3.8, 4) is 0 Å². The van der Waals surface area contributed by atoms with Crippen molar-refractivity contribution in [1.82, 2.24) is 4.90 Å². The zero-order chi connectivity index (χ0) is 28.1. The lowest BCUT2D eigenvalue weighted by Gasteiger charge is -2.42. The molecule has 1 amide bonds. The summed E-state index contributed by atoms with van der Waals surface area (Å²) in [6.07, 6.45) is 4.66. The maximum absolute atomic E-state index is 13.9. The molecule has 0 saturated heterocycles. The Bertz CT molecular complexity index is 1600. The molecule has 39 heavy (non-hydrogen) atoms. The molecular weight excluding hydrogens is 547 g/mol. The van der Waals surface area contributed by atoms with E-state index in [1.54, 1.807) is 17.0 Å². The number of nitrogens with zero attached hydrogens (tertiary/aromatic N) is 2. The molecule has 0 aromatic heterocycles. The van der Waals surface area contributed by atoms with Gasteiger partial charge in [-0.3, -0.25) is 9.52 Å². The third kappa shape index (κ3) is 5.37. The summed E-state index contributed by atoms with van der Waals surface area (Å²) in [4.78, 5) is 15.1. The fourth-order valence-electron chi connectivity index (χ4n) is 5.73. The Labute approximate surface area is 226 Å². The van der Waals surface area contributed by atoms with Gasteiger partial charge < -0.3 is 15.3 Å². The number of hydrogen-bond donors (Lipinski definition) is 3. The summed E-state index contributed by atoms with van der Waals surface area (Å²) in [5.74, 6) is -1.84. The second-order valence-corrected chi connectivity index (χ2v) is 13.6. The number of amides is 1. The summed E-state index contributed by atoms with van der Waals surface area (Å²) >= 11 is 0. The summed E-state index contributed by atoms with van der Waals surface area (Å²) in [5, 5.41) is 14.4. The fourth-order valence-corrected chi connectivity index (χ4v) is 7.43. The first-order valence-electron chi connectivity index (χ1n) is 12.6. The molecule has 3 N–H and O–H groups in total. The van der Waals surface area contributed by atoms with Gasteiger partial charge in [-0.1, -0.05) is 25.0 Å². The molecule has 13 heteroatoms. The highest BCUT2D eigenvalue weighted by molar-refractivity contribution is 7.92. The molecule has 3 aliphatic rings. The number of nitrogens with one attached hydrogen (secondary N) is 2. The number of anilines is 2. The molecule has 1 aliphatic carbocycles. The lowest BCUT2D eigenvalue weighted by Crippen LogP contribution is -2.52. The maximum Gasteiger partial charge on any atom is 0.286 e. The van der Waals surface area contributed by atoms with Crippen LogP contribution in [-0.4, -0.2) is 50.9 Å². The van der Waals surface area contributed by atoms with E-state index < -0.39 is 43.7 Å². The van der Waals surface area contributed by atoms with Crippen LogP contribution < -0.4 is 10.0 Å². The smallest absolute Gasteiger partial charge is 0.286 e. The van der Waals surface area contributed by atoms with Crippen LogP contribution in [0.4, 0.5) is 15.8 Å². The van der Waals surface area contributed by atoms with Crippen LogP contribution in [0.2, 0.25) is 0 Å². The summed E-state index contributed by atoms with van der Waals surface area (Å²) < 4.78 is 69.2. The Morgan fingerprint density at radius 2 is 1.82 bits per heavy atom. The minimum absolute atomic E-state index is 0.0386. The number of carbonyl (C=O) groups excluding carboxylic acids is 1. The third-order valence-corrected chi connectivity index (χ3v) is 9.42. The standard InChI is InChI=1S/C26H29FN4O6S2/c1-15-22(17-5-3-4-6-17)24(32)23(26(33)31(15)14-16-7-9-18(27)10-8-16)25-28-20-12-11-19(29-38(2,34)35)13-21(20)39(36,37)30-25/h7-13,15,17,22,29,32H,3-6,14H2,1-2H3,(H,28,30). The SMILES string of the molecule is CC1C(C2CCCC2)C(O)=C(C2=NS(=O)(=O)c3cc(NS(C)(=O)=O)ccc3N2)C(=O)N1Cc1ccc(F)cc1. The van der Waals surface area contributed by atoms with Gasteiger partial charge in [-0.05, 0) is 61.6 Å². The van der Waals surface area contributed by atoms with Gasteiger partial charge in [0.15, 0.2) is 5.84 Å². The Morgan fingerprint density at radius 3 is 2.46 bits per heavy atom. The molecule has 2 heterocycles. The first kappa shape index (κ1) is 27.1. The van der Waals surface area contributed by atoms with E-state index in [1.807, 2.05) is 6.92 Å². The van der Waals surface area contributed by atoms with Crippen molar-refractivity contribution in [3.05, 3.63) is 65.2 Å². The van der Waals surface area contributed by atoms with E-state index >= 15 is 0 Å². The average Bonchev–Trinajstić information content (AvgIpc) is 3.36. The minimum atomic E-state index is -4.36. The molecule has 208 valence electrons. The van der Waals surface area contributed by atoms with Gasteiger partial charge in [0.1, 0.15) is 22.0 Å².